The number of amides is 1. The van der Waals surface area contributed by atoms with Gasteiger partial charge >= 0.3 is 0 Å². The lowest BCUT2D eigenvalue weighted by molar-refractivity contribution is -0.116. The van der Waals surface area contributed by atoms with Crippen LogP contribution in [0, 0.1) is 5.82 Å². The number of carbonyl (C=O) groups is 1. The second-order valence-corrected chi connectivity index (χ2v) is 9.30. The average molecular weight is 402 g/mol. The molecule has 2 aliphatic rings. The van der Waals surface area contributed by atoms with Gasteiger partial charge in [-0.1, -0.05) is 36.8 Å². The standard InChI is InChI=1S/C21H23FN2O3S/c22-18-14-19-16(9-10-21(25)23-19)13-20(18)28(26,27)24-11-5-4-8-17(24)12-15-6-2-1-3-7-15/h1-3,6-7,13-14,17H,4-5,8-12H2,(H,23,25). The molecule has 7 heteroatoms. The fourth-order valence-corrected chi connectivity index (χ4v) is 5.88. The quantitative estimate of drug-likeness (QED) is 0.851. The smallest absolute Gasteiger partial charge is 0.246 e. The van der Waals surface area contributed by atoms with E-state index in [1.807, 2.05) is 30.3 Å². The summed E-state index contributed by atoms with van der Waals surface area (Å²) in [6, 6.07) is 12.1. The van der Waals surface area contributed by atoms with E-state index in [4.69, 9.17) is 0 Å². The van der Waals surface area contributed by atoms with Gasteiger partial charge in [-0.25, -0.2) is 12.8 Å². The third-order valence-electron chi connectivity index (χ3n) is 5.53. The van der Waals surface area contributed by atoms with E-state index >= 15 is 0 Å². The number of sulfonamides is 1. The predicted molar refractivity (Wildman–Crippen MR) is 105 cm³/mol. The molecule has 1 saturated heterocycles. The van der Waals surface area contributed by atoms with Crippen LogP contribution in [0.15, 0.2) is 47.4 Å². The number of hydrogen-bond donors (Lipinski definition) is 1. The van der Waals surface area contributed by atoms with Crippen molar-refractivity contribution in [3.63, 3.8) is 0 Å². The predicted octanol–water partition coefficient (Wildman–Crippen LogP) is 3.50. The van der Waals surface area contributed by atoms with E-state index < -0.39 is 15.8 Å². The third kappa shape index (κ3) is 3.69. The molecule has 0 spiro atoms. The average Bonchev–Trinajstić information content (AvgIpc) is 2.68. The Labute approximate surface area is 164 Å². The first-order chi connectivity index (χ1) is 13.4. The maximum absolute atomic E-state index is 14.8. The first-order valence-corrected chi connectivity index (χ1v) is 11.1. The van der Waals surface area contributed by atoms with E-state index in [1.54, 1.807) is 0 Å². The monoisotopic (exact) mass is 402 g/mol. The fraction of sp³-hybridized carbons (Fsp3) is 0.381. The summed E-state index contributed by atoms with van der Waals surface area (Å²) < 4.78 is 42.9. The number of piperidine rings is 1. The zero-order valence-electron chi connectivity index (χ0n) is 15.5. The van der Waals surface area contributed by atoms with E-state index in [2.05, 4.69) is 5.32 Å². The Balaban J connectivity index is 1.67. The van der Waals surface area contributed by atoms with E-state index in [0.717, 1.165) is 30.9 Å². The highest BCUT2D eigenvalue weighted by Crippen LogP contribution is 2.33. The molecular formula is C21H23FN2O3S. The van der Waals surface area contributed by atoms with E-state index in [0.29, 0.717) is 30.6 Å². The third-order valence-corrected chi connectivity index (χ3v) is 7.49. The van der Waals surface area contributed by atoms with Gasteiger partial charge in [-0.05, 0) is 48.9 Å². The molecule has 4 rings (SSSR count). The molecule has 1 amide bonds. The first-order valence-electron chi connectivity index (χ1n) is 9.63. The molecule has 5 nitrogen and oxygen atoms in total. The molecule has 2 aromatic rings. The minimum atomic E-state index is -3.96. The zero-order chi connectivity index (χ0) is 19.7. The summed E-state index contributed by atoms with van der Waals surface area (Å²) in [5.74, 6) is -0.994. The molecule has 0 aliphatic carbocycles. The van der Waals surface area contributed by atoms with Crippen LogP contribution in [0.2, 0.25) is 0 Å². The minimum Gasteiger partial charge on any atom is -0.326 e. The number of anilines is 1. The Bertz CT molecular complexity index is 992. The van der Waals surface area contributed by atoms with Gasteiger partial charge in [0, 0.05) is 24.7 Å². The number of nitrogens with one attached hydrogen (secondary N) is 1. The lowest BCUT2D eigenvalue weighted by Crippen LogP contribution is -2.45. The van der Waals surface area contributed by atoms with Gasteiger partial charge in [0.1, 0.15) is 10.7 Å². The number of rotatable bonds is 4. The van der Waals surface area contributed by atoms with Crippen LogP contribution in [-0.4, -0.2) is 31.2 Å². The van der Waals surface area contributed by atoms with Crippen LogP contribution in [0.4, 0.5) is 10.1 Å². The maximum Gasteiger partial charge on any atom is 0.246 e. The SMILES string of the molecule is O=C1CCc2cc(S(=O)(=O)N3CCCCC3Cc3ccccc3)c(F)cc2N1. The Hall–Kier alpha value is -2.25. The van der Waals surface area contributed by atoms with Crippen LogP contribution in [0.3, 0.4) is 0 Å². The highest BCUT2D eigenvalue weighted by atomic mass is 32.2. The Morgan fingerprint density at radius 1 is 1.11 bits per heavy atom. The number of aryl methyl sites for hydroxylation is 1. The topological polar surface area (TPSA) is 66.5 Å². The molecule has 2 heterocycles. The molecule has 1 fully saturated rings. The van der Waals surface area contributed by atoms with Crippen LogP contribution >= 0.6 is 0 Å². The Morgan fingerprint density at radius 3 is 2.68 bits per heavy atom. The fourth-order valence-electron chi connectivity index (χ4n) is 4.08. The zero-order valence-corrected chi connectivity index (χ0v) is 16.3. The molecule has 0 saturated carbocycles. The van der Waals surface area contributed by atoms with E-state index in [-0.39, 0.29) is 23.3 Å². The van der Waals surface area contributed by atoms with Gasteiger partial charge in [0.05, 0.1) is 0 Å². The van der Waals surface area contributed by atoms with Crippen LogP contribution in [-0.2, 0) is 27.7 Å². The molecule has 2 aliphatic heterocycles. The van der Waals surface area contributed by atoms with Crippen molar-refractivity contribution < 1.29 is 17.6 Å². The van der Waals surface area contributed by atoms with Crippen molar-refractivity contribution >= 4 is 21.6 Å². The van der Waals surface area contributed by atoms with Crippen molar-refractivity contribution in [1.29, 1.82) is 0 Å². The van der Waals surface area contributed by atoms with Crippen LogP contribution < -0.4 is 5.32 Å². The number of fused-ring (bicyclic) bond motifs is 1. The molecule has 0 aromatic heterocycles. The lowest BCUT2D eigenvalue weighted by atomic mass is 9.98. The van der Waals surface area contributed by atoms with E-state index in [1.165, 1.54) is 10.4 Å². The van der Waals surface area contributed by atoms with Gasteiger partial charge in [0.15, 0.2) is 0 Å². The van der Waals surface area contributed by atoms with Crippen LogP contribution in [0.5, 0.6) is 0 Å². The molecule has 148 valence electrons. The summed E-state index contributed by atoms with van der Waals surface area (Å²) in [5, 5.41) is 2.61. The Kier molecular flexibility index (Phi) is 5.21. The molecule has 1 unspecified atom stereocenters. The van der Waals surface area contributed by atoms with Crippen molar-refractivity contribution in [2.45, 2.75) is 49.5 Å². The number of benzene rings is 2. The summed E-state index contributed by atoms with van der Waals surface area (Å²) in [6.07, 6.45) is 3.80. The second-order valence-electron chi connectivity index (χ2n) is 7.44. The number of carbonyl (C=O) groups excluding carboxylic acids is 1. The number of halogens is 1. The first kappa shape index (κ1) is 19.1. The van der Waals surface area contributed by atoms with Gasteiger partial charge in [0.25, 0.3) is 0 Å². The van der Waals surface area contributed by atoms with Gasteiger partial charge in [-0.15, -0.1) is 0 Å². The summed E-state index contributed by atoms with van der Waals surface area (Å²) in [5.41, 5.74) is 2.10. The van der Waals surface area contributed by atoms with Gasteiger partial charge in [-0.2, -0.15) is 4.31 Å². The van der Waals surface area contributed by atoms with Crippen LogP contribution in [0.25, 0.3) is 0 Å². The molecule has 0 bridgehead atoms. The molecule has 1 atom stereocenters. The highest BCUT2D eigenvalue weighted by Gasteiger charge is 2.36. The van der Waals surface area contributed by atoms with Crippen molar-refractivity contribution in [2.24, 2.45) is 0 Å². The van der Waals surface area contributed by atoms with Crippen molar-refractivity contribution in [3.05, 3.63) is 59.4 Å². The van der Waals surface area contributed by atoms with E-state index in [9.17, 15) is 17.6 Å². The lowest BCUT2D eigenvalue weighted by Gasteiger charge is -2.35. The molecule has 2 aromatic carbocycles. The van der Waals surface area contributed by atoms with Gasteiger partial charge in [0.2, 0.25) is 15.9 Å². The normalized spacial score (nSPS) is 20.5. The van der Waals surface area contributed by atoms with Crippen molar-refractivity contribution in [2.75, 3.05) is 11.9 Å². The van der Waals surface area contributed by atoms with Gasteiger partial charge in [-0.3, -0.25) is 4.79 Å². The highest BCUT2D eigenvalue weighted by molar-refractivity contribution is 7.89. The largest absolute Gasteiger partial charge is 0.326 e. The number of hydrogen-bond acceptors (Lipinski definition) is 3. The summed E-state index contributed by atoms with van der Waals surface area (Å²) in [6.45, 7) is 0.396. The molecule has 28 heavy (non-hydrogen) atoms. The van der Waals surface area contributed by atoms with Crippen molar-refractivity contribution in [1.82, 2.24) is 4.31 Å². The van der Waals surface area contributed by atoms with Crippen molar-refractivity contribution in [3.8, 4) is 0 Å². The summed E-state index contributed by atoms with van der Waals surface area (Å²) >= 11 is 0. The minimum absolute atomic E-state index is 0.179. The second kappa shape index (κ2) is 7.64. The molecule has 1 N–H and O–H groups in total. The van der Waals surface area contributed by atoms with Crippen LogP contribution in [0.1, 0.15) is 36.8 Å². The summed E-state index contributed by atoms with van der Waals surface area (Å²) in [7, 11) is -3.96. The molecule has 0 radical (unpaired) electrons. The summed E-state index contributed by atoms with van der Waals surface area (Å²) in [4.78, 5) is 11.2. The van der Waals surface area contributed by atoms with Gasteiger partial charge < -0.3 is 5.32 Å². The number of nitrogens with zero attached hydrogens (tertiary/aromatic N) is 1. The molecular weight excluding hydrogens is 379 g/mol. The maximum atomic E-state index is 14.8. The Morgan fingerprint density at radius 2 is 1.89 bits per heavy atom.